The van der Waals surface area contributed by atoms with Gasteiger partial charge < -0.3 is 14.8 Å². The van der Waals surface area contributed by atoms with Crippen LogP contribution in [-0.2, 0) is 0 Å². The monoisotopic (exact) mass is 309 g/mol. The zero-order chi connectivity index (χ0) is 13.1. The molecule has 0 unspecified atom stereocenters. The average molecular weight is 310 g/mol. The van der Waals surface area contributed by atoms with Crippen LogP contribution in [-0.4, -0.2) is 17.0 Å². The van der Waals surface area contributed by atoms with E-state index in [1.54, 1.807) is 18.2 Å². The van der Waals surface area contributed by atoms with Gasteiger partial charge in [0.1, 0.15) is 0 Å². The molecule has 0 saturated heterocycles. The lowest BCUT2D eigenvalue weighted by Gasteiger charge is -2.09. The summed E-state index contributed by atoms with van der Waals surface area (Å²) < 4.78 is 5.42. The summed E-state index contributed by atoms with van der Waals surface area (Å²) in [7, 11) is 0. The van der Waals surface area contributed by atoms with Crippen LogP contribution < -0.4 is 5.32 Å². The predicted octanol–water partition coefficient (Wildman–Crippen LogP) is 2.99. The quantitative estimate of drug-likeness (QED) is 0.913. The van der Waals surface area contributed by atoms with Gasteiger partial charge >= 0.3 is 5.97 Å². The first-order valence-corrected chi connectivity index (χ1v) is 5.75. The van der Waals surface area contributed by atoms with E-state index in [4.69, 9.17) is 9.52 Å². The number of para-hydroxylation sites is 1. The van der Waals surface area contributed by atoms with Crippen LogP contribution in [0.5, 0.6) is 0 Å². The zero-order valence-electron chi connectivity index (χ0n) is 9.01. The molecule has 2 rings (SSSR count). The Morgan fingerprint density at radius 2 is 2.00 bits per heavy atom. The largest absolute Gasteiger partial charge is 0.478 e. The molecule has 0 aliphatic carbocycles. The summed E-state index contributed by atoms with van der Waals surface area (Å²) in [6, 6.07) is 7.70. The number of furan rings is 1. The van der Waals surface area contributed by atoms with Crippen molar-refractivity contribution < 1.29 is 19.1 Å². The minimum absolute atomic E-state index is 0.00396. The topological polar surface area (TPSA) is 79.5 Å². The van der Waals surface area contributed by atoms with E-state index in [9.17, 15) is 9.59 Å². The molecule has 0 fully saturated rings. The number of hydrogen-bond acceptors (Lipinski definition) is 3. The summed E-state index contributed by atoms with van der Waals surface area (Å²) in [4.78, 5) is 22.8. The van der Waals surface area contributed by atoms with E-state index in [0.717, 1.165) is 0 Å². The van der Waals surface area contributed by atoms with Crippen molar-refractivity contribution in [1.82, 2.24) is 0 Å². The van der Waals surface area contributed by atoms with Crippen LogP contribution in [0.25, 0.3) is 0 Å². The van der Waals surface area contributed by atoms with Crippen LogP contribution in [0.2, 0.25) is 0 Å². The number of carbonyl (C=O) groups excluding carboxylic acids is 1. The molecule has 2 N–H and O–H groups in total. The number of carbonyl (C=O) groups is 2. The Bertz CT molecular complexity index is 592. The predicted molar refractivity (Wildman–Crippen MR) is 67.8 cm³/mol. The highest BCUT2D eigenvalue weighted by atomic mass is 79.9. The summed E-state index contributed by atoms with van der Waals surface area (Å²) in [5.74, 6) is -1.51. The summed E-state index contributed by atoms with van der Waals surface area (Å²) in [6.45, 7) is 0. The van der Waals surface area contributed by atoms with Crippen molar-refractivity contribution in [2.24, 2.45) is 0 Å². The van der Waals surface area contributed by atoms with E-state index in [-0.39, 0.29) is 17.0 Å². The number of halogens is 1. The zero-order valence-corrected chi connectivity index (χ0v) is 10.6. The average Bonchev–Trinajstić information content (AvgIpc) is 2.85. The Morgan fingerprint density at radius 1 is 1.22 bits per heavy atom. The first-order chi connectivity index (χ1) is 8.59. The standard InChI is InChI=1S/C12H8BrNO4/c13-8-4-1-3-7(12(16)17)10(8)14-11(15)9-5-2-6-18-9/h1-6H,(H,14,15)(H,16,17). The van der Waals surface area contributed by atoms with Gasteiger partial charge in [-0.2, -0.15) is 0 Å². The van der Waals surface area contributed by atoms with Gasteiger partial charge in [0.05, 0.1) is 17.5 Å². The molecule has 0 saturated carbocycles. The number of carboxylic acids is 1. The van der Waals surface area contributed by atoms with Gasteiger partial charge in [-0.15, -0.1) is 0 Å². The summed E-state index contributed by atoms with van der Waals surface area (Å²) in [5, 5.41) is 11.5. The molecule has 0 bridgehead atoms. The number of hydrogen-bond donors (Lipinski definition) is 2. The molecule has 1 heterocycles. The molecule has 0 atom stereocenters. The Hall–Kier alpha value is -2.08. The van der Waals surface area contributed by atoms with E-state index in [0.29, 0.717) is 4.47 Å². The second-order valence-electron chi connectivity index (χ2n) is 3.40. The normalized spacial score (nSPS) is 10.1. The second kappa shape index (κ2) is 5.05. The van der Waals surface area contributed by atoms with Crippen LogP contribution in [0.15, 0.2) is 45.5 Å². The maximum atomic E-state index is 11.8. The smallest absolute Gasteiger partial charge is 0.337 e. The van der Waals surface area contributed by atoms with Crippen molar-refractivity contribution >= 4 is 33.5 Å². The highest BCUT2D eigenvalue weighted by Gasteiger charge is 2.17. The minimum atomic E-state index is -1.12. The lowest BCUT2D eigenvalue weighted by molar-refractivity contribution is 0.0698. The van der Waals surface area contributed by atoms with Crippen molar-refractivity contribution in [3.8, 4) is 0 Å². The molecule has 5 nitrogen and oxygen atoms in total. The molecule has 6 heteroatoms. The molecule has 0 spiro atoms. The molecule has 1 aromatic carbocycles. The van der Waals surface area contributed by atoms with Gasteiger partial charge in [-0.25, -0.2) is 4.79 Å². The summed E-state index contributed by atoms with van der Waals surface area (Å²) >= 11 is 3.20. The van der Waals surface area contributed by atoms with Gasteiger partial charge in [-0.1, -0.05) is 6.07 Å². The first kappa shape index (κ1) is 12.4. The van der Waals surface area contributed by atoms with E-state index in [2.05, 4.69) is 21.2 Å². The van der Waals surface area contributed by atoms with E-state index < -0.39 is 11.9 Å². The number of anilines is 1. The Morgan fingerprint density at radius 3 is 2.61 bits per heavy atom. The first-order valence-electron chi connectivity index (χ1n) is 4.96. The molecule has 1 amide bonds. The van der Waals surface area contributed by atoms with Crippen molar-refractivity contribution in [1.29, 1.82) is 0 Å². The second-order valence-corrected chi connectivity index (χ2v) is 4.25. The summed E-state index contributed by atoms with van der Waals surface area (Å²) in [5.41, 5.74) is 0.204. The Labute approximate surface area is 111 Å². The molecular formula is C12H8BrNO4. The van der Waals surface area contributed by atoms with Gasteiger partial charge in [0, 0.05) is 4.47 Å². The molecule has 0 aliphatic rings. The molecule has 1 aromatic heterocycles. The fourth-order valence-corrected chi connectivity index (χ4v) is 1.88. The fraction of sp³-hybridized carbons (Fsp3) is 0. The van der Waals surface area contributed by atoms with Crippen molar-refractivity contribution in [3.63, 3.8) is 0 Å². The number of nitrogens with one attached hydrogen (secondary N) is 1. The SMILES string of the molecule is O=C(Nc1c(Br)cccc1C(=O)O)c1ccco1. The highest BCUT2D eigenvalue weighted by Crippen LogP contribution is 2.27. The molecule has 2 aromatic rings. The third-order valence-electron chi connectivity index (χ3n) is 2.23. The number of aromatic carboxylic acids is 1. The third kappa shape index (κ3) is 2.43. The third-order valence-corrected chi connectivity index (χ3v) is 2.89. The molecule has 0 radical (unpaired) electrons. The van der Waals surface area contributed by atoms with Gasteiger partial charge in [0.2, 0.25) is 0 Å². The molecule has 0 aliphatic heterocycles. The lowest BCUT2D eigenvalue weighted by atomic mass is 10.2. The van der Waals surface area contributed by atoms with Gasteiger partial charge in [0.25, 0.3) is 5.91 Å². The van der Waals surface area contributed by atoms with Gasteiger partial charge in [0.15, 0.2) is 5.76 Å². The number of benzene rings is 1. The van der Waals surface area contributed by atoms with Crippen LogP contribution in [0.3, 0.4) is 0 Å². The minimum Gasteiger partial charge on any atom is -0.478 e. The van der Waals surface area contributed by atoms with Crippen LogP contribution >= 0.6 is 15.9 Å². The number of amides is 1. The van der Waals surface area contributed by atoms with Gasteiger partial charge in [-0.05, 0) is 40.2 Å². The molecule has 92 valence electrons. The molecular weight excluding hydrogens is 302 g/mol. The van der Waals surface area contributed by atoms with Crippen molar-refractivity contribution in [2.75, 3.05) is 5.32 Å². The number of rotatable bonds is 3. The highest BCUT2D eigenvalue weighted by molar-refractivity contribution is 9.10. The Balaban J connectivity index is 2.34. The summed E-state index contributed by atoms with van der Waals surface area (Å²) in [6.07, 6.45) is 1.37. The number of carboxylic acid groups (broad SMARTS) is 1. The maximum Gasteiger partial charge on any atom is 0.337 e. The maximum absolute atomic E-state index is 11.8. The van der Waals surface area contributed by atoms with Crippen molar-refractivity contribution in [2.45, 2.75) is 0 Å². The van der Waals surface area contributed by atoms with E-state index in [1.807, 2.05) is 0 Å². The Kier molecular flexibility index (Phi) is 3.47. The van der Waals surface area contributed by atoms with Crippen LogP contribution in [0, 0.1) is 0 Å². The van der Waals surface area contributed by atoms with E-state index in [1.165, 1.54) is 18.4 Å². The lowest BCUT2D eigenvalue weighted by Crippen LogP contribution is -2.14. The van der Waals surface area contributed by atoms with Gasteiger partial charge in [-0.3, -0.25) is 4.79 Å². The molecule has 18 heavy (non-hydrogen) atoms. The van der Waals surface area contributed by atoms with Crippen LogP contribution in [0.4, 0.5) is 5.69 Å². The van der Waals surface area contributed by atoms with Crippen LogP contribution in [0.1, 0.15) is 20.9 Å². The fourth-order valence-electron chi connectivity index (χ4n) is 1.41. The van der Waals surface area contributed by atoms with Crippen molar-refractivity contribution in [3.05, 3.63) is 52.4 Å². The van der Waals surface area contributed by atoms with E-state index >= 15 is 0 Å².